The quantitative estimate of drug-likeness (QED) is 0.402. The highest BCUT2D eigenvalue weighted by Crippen LogP contribution is 2.23. The SMILES string of the molecule is Cc1ccc(S(=O)(=O)N(CC(=O)NCCSc2ccccc2)c2ccccc2)cc1. The van der Waals surface area contributed by atoms with E-state index in [1.54, 1.807) is 66.4 Å². The molecular weight excluding hydrogens is 416 g/mol. The van der Waals surface area contributed by atoms with E-state index < -0.39 is 10.0 Å². The number of nitrogens with one attached hydrogen (secondary N) is 1. The van der Waals surface area contributed by atoms with Crippen molar-refractivity contribution in [1.82, 2.24) is 5.32 Å². The van der Waals surface area contributed by atoms with Gasteiger partial charge in [0.25, 0.3) is 10.0 Å². The van der Waals surface area contributed by atoms with Crippen molar-refractivity contribution in [3.63, 3.8) is 0 Å². The van der Waals surface area contributed by atoms with Gasteiger partial charge in [0.15, 0.2) is 0 Å². The predicted molar refractivity (Wildman–Crippen MR) is 122 cm³/mol. The van der Waals surface area contributed by atoms with Crippen LogP contribution >= 0.6 is 11.8 Å². The monoisotopic (exact) mass is 440 g/mol. The lowest BCUT2D eigenvalue weighted by Crippen LogP contribution is -2.41. The molecule has 3 rings (SSSR count). The fraction of sp³-hybridized carbons (Fsp3) is 0.174. The van der Waals surface area contributed by atoms with E-state index in [0.29, 0.717) is 18.0 Å². The first-order valence-corrected chi connectivity index (χ1v) is 12.0. The molecule has 0 aliphatic rings. The number of anilines is 1. The summed E-state index contributed by atoms with van der Waals surface area (Å²) in [5.41, 5.74) is 1.42. The molecule has 0 spiro atoms. The van der Waals surface area contributed by atoms with Crippen LogP contribution < -0.4 is 9.62 Å². The molecule has 7 heteroatoms. The normalized spacial score (nSPS) is 11.1. The smallest absolute Gasteiger partial charge is 0.264 e. The van der Waals surface area contributed by atoms with Gasteiger partial charge in [0, 0.05) is 17.2 Å². The van der Waals surface area contributed by atoms with Crippen LogP contribution in [0.1, 0.15) is 5.56 Å². The number of hydrogen-bond acceptors (Lipinski definition) is 4. The number of thioether (sulfide) groups is 1. The molecule has 1 N–H and O–H groups in total. The van der Waals surface area contributed by atoms with Gasteiger partial charge in [0.2, 0.25) is 5.91 Å². The van der Waals surface area contributed by atoms with E-state index in [-0.39, 0.29) is 17.3 Å². The second kappa shape index (κ2) is 10.3. The number of carbonyl (C=O) groups excluding carboxylic acids is 1. The van der Waals surface area contributed by atoms with Crippen LogP contribution in [0.3, 0.4) is 0 Å². The Morgan fingerprint density at radius 3 is 2.13 bits per heavy atom. The van der Waals surface area contributed by atoms with E-state index in [1.807, 2.05) is 37.3 Å². The Morgan fingerprint density at radius 2 is 1.50 bits per heavy atom. The lowest BCUT2D eigenvalue weighted by atomic mass is 10.2. The van der Waals surface area contributed by atoms with E-state index >= 15 is 0 Å². The van der Waals surface area contributed by atoms with Gasteiger partial charge in [-0.25, -0.2) is 8.42 Å². The van der Waals surface area contributed by atoms with Crippen molar-refractivity contribution in [2.24, 2.45) is 0 Å². The Balaban J connectivity index is 1.68. The van der Waals surface area contributed by atoms with Crippen molar-refractivity contribution < 1.29 is 13.2 Å². The van der Waals surface area contributed by atoms with Gasteiger partial charge in [-0.1, -0.05) is 54.1 Å². The Morgan fingerprint density at radius 1 is 0.900 bits per heavy atom. The summed E-state index contributed by atoms with van der Waals surface area (Å²) in [6, 6.07) is 25.2. The molecular formula is C23H24N2O3S2. The van der Waals surface area contributed by atoms with Gasteiger partial charge in [0.05, 0.1) is 10.6 Å². The Bertz CT molecular complexity index is 1050. The zero-order valence-electron chi connectivity index (χ0n) is 16.7. The first-order chi connectivity index (χ1) is 14.5. The average molecular weight is 441 g/mol. The number of aryl methyl sites for hydroxylation is 1. The van der Waals surface area contributed by atoms with Gasteiger partial charge in [-0.3, -0.25) is 9.10 Å². The minimum Gasteiger partial charge on any atom is -0.354 e. The molecule has 0 unspecified atom stereocenters. The summed E-state index contributed by atoms with van der Waals surface area (Å²) in [5.74, 6) is 0.356. The van der Waals surface area contributed by atoms with Gasteiger partial charge < -0.3 is 5.32 Å². The van der Waals surface area contributed by atoms with Crippen LogP contribution in [0.2, 0.25) is 0 Å². The number of rotatable bonds is 9. The minimum absolute atomic E-state index is 0.157. The zero-order chi connectivity index (χ0) is 21.4. The minimum atomic E-state index is -3.87. The van der Waals surface area contributed by atoms with E-state index in [4.69, 9.17) is 0 Å². The van der Waals surface area contributed by atoms with Gasteiger partial charge in [-0.05, 0) is 43.3 Å². The highest BCUT2D eigenvalue weighted by Gasteiger charge is 2.26. The molecule has 0 saturated heterocycles. The summed E-state index contributed by atoms with van der Waals surface area (Å²) >= 11 is 1.63. The van der Waals surface area contributed by atoms with E-state index in [0.717, 1.165) is 14.8 Å². The highest BCUT2D eigenvalue weighted by molar-refractivity contribution is 7.99. The summed E-state index contributed by atoms with van der Waals surface area (Å²) in [4.78, 5) is 13.8. The van der Waals surface area contributed by atoms with Crippen LogP contribution in [0.4, 0.5) is 5.69 Å². The molecule has 1 amide bonds. The fourth-order valence-corrected chi connectivity index (χ4v) is 5.02. The molecule has 0 bridgehead atoms. The maximum absolute atomic E-state index is 13.2. The third-order valence-electron chi connectivity index (χ3n) is 4.38. The maximum Gasteiger partial charge on any atom is 0.264 e. The first kappa shape index (κ1) is 21.9. The Hall–Kier alpha value is -2.77. The number of carbonyl (C=O) groups is 1. The van der Waals surface area contributed by atoms with Crippen molar-refractivity contribution >= 4 is 33.4 Å². The topological polar surface area (TPSA) is 66.5 Å². The second-order valence-corrected chi connectivity index (χ2v) is 9.70. The maximum atomic E-state index is 13.2. The van der Waals surface area contributed by atoms with Gasteiger partial charge in [-0.2, -0.15) is 0 Å². The standard InChI is InChI=1S/C23H24N2O3S2/c1-19-12-14-22(15-13-19)30(27,28)25(20-8-4-2-5-9-20)18-23(26)24-16-17-29-21-10-6-3-7-11-21/h2-15H,16-18H2,1H3,(H,24,26). The van der Waals surface area contributed by atoms with Crippen LogP contribution in [0, 0.1) is 6.92 Å². The fourth-order valence-electron chi connectivity index (χ4n) is 2.81. The van der Waals surface area contributed by atoms with E-state index in [1.165, 1.54) is 0 Å². The molecule has 0 atom stereocenters. The molecule has 0 saturated carbocycles. The van der Waals surface area contributed by atoms with Crippen molar-refractivity contribution in [3.05, 3.63) is 90.5 Å². The molecule has 0 aliphatic carbocycles. The summed E-state index contributed by atoms with van der Waals surface area (Å²) in [7, 11) is -3.87. The van der Waals surface area contributed by atoms with Crippen molar-refractivity contribution in [1.29, 1.82) is 0 Å². The van der Waals surface area contributed by atoms with Gasteiger partial charge >= 0.3 is 0 Å². The molecule has 0 heterocycles. The van der Waals surface area contributed by atoms with Gasteiger partial charge in [0.1, 0.15) is 6.54 Å². The number of benzene rings is 3. The summed E-state index contributed by atoms with van der Waals surface area (Å²) in [5, 5.41) is 2.82. The molecule has 3 aromatic carbocycles. The van der Waals surface area contributed by atoms with Crippen LogP contribution in [0.5, 0.6) is 0 Å². The number of nitrogens with zero attached hydrogens (tertiary/aromatic N) is 1. The van der Waals surface area contributed by atoms with Crippen molar-refractivity contribution in [3.8, 4) is 0 Å². The summed E-state index contributed by atoms with van der Waals surface area (Å²) < 4.78 is 27.6. The highest BCUT2D eigenvalue weighted by atomic mass is 32.2. The number of sulfonamides is 1. The lowest BCUT2D eigenvalue weighted by molar-refractivity contribution is -0.119. The summed E-state index contributed by atoms with van der Waals surface area (Å²) in [6.45, 7) is 2.06. The summed E-state index contributed by atoms with van der Waals surface area (Å²) in [6.07, 6.45) is 0. The third-order valence-corrected chi connectivity index (χ3v) is 7.18. The van der Waals surface area contributed by atoms with Crippen LogP contribution in [-0.2, 0) is 14.8 Å². The molecule has 5 nitrogen and oxygen atoms in total. The van der Waals surface area contributed by atoms with Crippen LogP contribution in [-0.4, -0.2) is 33.2 Å². The van der Waals surface area contributed by atoms with Crippen LogP contribution in [0.25, 0.3) is 0 Å². The number of amides is 1. The van der Waals surface area contributed by atoms with Crippen molar-refractivity contribution in [2.75, 3.05) is 23.1 Å². The van der Waals surface area contributed by atoms with Crippen LogP contribution in [0.15, 0.2) is 94.7 Å². The van der Waals surface area contributed by atoms with Crippen molar-refractivity contribution in [2.45, 2.75) is 16.7 Å². The first-order valence-electron chi connectivity index (χ1n) is 9.56. The second-order valence-electron chi connectivity index (χ2n) is 6.67. The third kappa shape index (κ3) is 5.87. The molecule has 3 aromatic rings. The molecule has 0 aromatic heterocycles. The molecule has 0 aliphatic heterocycles. The average Bonchev–Trinajstić information content (AvgIpc) is 2.76. The zero-order valence-corrected chi connectivity index (χ0v) is 18.3. The van der Waals surface area contributed by atoms with E-state index in [9.17, 15) is 13.2 Å². The molecule has 0 fully saturated rings. The molecule has 30 heavy (non-hydrogen) atoms. The Labute approximate surface area is 182 Å². The molecule has 0 radical (unpaired) electrons. The predicted octanol–water partition coefficient (Wildman–Crippen LogP) is 4.10. The number of para-hydroxylation sites is 1. The van der Waals surface area contributed by atoms with E-state index in [2.05, 4.69) is 5.32 Å². The Kier molecular flexibility index (Phi) is 7.54. The molecule has 156 valence electrons. The van der Waals surface area contributed by atoms with Gasteiger partial charge in [-0.15, -0.1) is 11.8 Å². The number of hydrogen-bond donors (Lipinski definition) is 1. The lowest BCUT2D eigenvalue weighted by Gasteiger charge is -2.24. The largest absolute Gasteiger partial charge is 0.354 e.